The standard InChI is InChI=1S/C17H33N/c1-7-15-8-10-16(11-9-15)13-18(12-14(2)3)17(4,5)6/h7,14-16H,1,8-13H2,2-6H3. The summed E-state index contributed by atoms with van der Waals surface area (Å²) in [5.74, 6) is 2.45. The molecule has 0 bridgehead atoms. The molecular formula is C17H33N. The van der Waals surface area contributed by atoms with Crippen molar-refractivity contribution in [3.8, 4) is 0 Å². The van der Waals surface area contributed by atoms with E-state index >= 15 is 0 Å². The molecule has 0 aromatic rings. The molecule has 1 aliphatic carbocycles. The summed E-state index contributed by atoms with van der Waals surface area (Å²) in [4.78, 5) is 2.69. The van der Waals surface area contributed by atoms with Crippen LogP contribution in [0.2, 0.25) is 0 Å². The molecule has 1 fully saturated rings. The zero-order valence-corrected chi connectivity index (χ0v) is 13.2. The maximum absolute atomic E-state index is 3.94. The van der Waals surface area contributed by atoms with Crippen molar-refractivity contribution in [3.63, 3.8) is 0 Å². The van der Waals surface area contributed by atoms with Crippen molar-refractivity contribution < 1.29 is 0 Å². The normalized spacial score (nSPS) is 25.7. The van der Waals surface area contributed by atoms with Crippen LogP contribution in [0, 0.1) is 17.8 Å². The number of rotatable bonds is 5. The monoisotopic (exact) mass is 251 g/mol. The summed E-state index contributed by atoms with van der Waals surface area (Å²) in [7, 11) is 0. The van der Waals surface area contributed by atoms with E-state index in [2.05, 4.69) is 52.2 Å². The van der Waals surface area contributed by atoms with Crippen LogP contribution in [0.25, 0.3) is 0 Å². The average molecular weight is 251 g/mol. The van der Waals surface area contributed by atoms with Gasteiger partial charge >= 0.3 is 0 Å². The molecule has 0 N–H and O–H groups in total. The molecule has 1 saturated carbocycles. The van der Waals surface area contributed by atoms with Crippen molar-refractivity contribution in [1.82, 2.24) is 4.90 Å². The van der Waals surface area contributed by atoms with Gasteiger partial charge in [-0.25, -0.2) is 0 Å². The molecule has 106 valence electrons. The lowest BCUT2D eigenvalue weighted by molar-refractivity contribution is 0.0854. The quantitative estimate of drug-likeness (QED) is 0.638. The van der Waals surface area contributed by atoms with Crippen LogP contribution in [0.5, 0.6) is 0 Å². The Bertz CT molecular complexity index is 241. The Labute approximate surface area is 115 Å². The Morgan fingerprint density at radius 2 is 1.72 bits per heavy atom. The van der Waals surface area contributed by atoms with Crippen molar-refractivity contribution in [2.24, 2.45) is 17.8 Å². The summed E-state index contributed by atoms with van der Waals surface area (Å²) in [6.07, 6.45) is 7.65. The molecular weight excluding hydrogens is 218 g/mol. The van der Waals surface area contributed by atoms with E-state index < -0.39 is 0 Å². The van der Waals surface area contributed by atoms with Crippen LogP contribution in [0.1, 0.15) is 60.3 Å². The fourth-order valence-electron chi connectivity index (χ4n) is 2.98. The molecule has 1 aliphatic rings. The molecule has 0 aromatic carbocycles. The molecule has 0 saturated heterocycles. The molecule has 18 heavy (non-hydrogen) atoms. The zero-order valence-electron chi connectivity index (χ0n) is 13.2. The maximum atomic E-state index is 3.94. The van der Waals surface area contributed by atoms with Crippen LogP contribution >= 0.6 is 0 Å². The summed E-state index contributed by atoms with van der Waals surface area (Å²) in [5, 5.41) is 0. The van der Waals surface area contributed by atoms with E-state index in [1.54, 1.807) is 0 Å². The highest BCUT2D eigenvalue weighted by Crippen LogP contribution is 2.31. The molecule has 0 aliphatic heterocycles. The second kappa shape index (κ2) is 6.75. The smallest absolute Gasteiger partial charge is 0.0125 e. The van der Waals surface area contributed by atoms with E-state index in [1.165, 1.54) is 38.8 Å². The SMILES string of the molecule is C=CC1CCC(CN(CC(C)C)C(C)(C)C)CC1. The largest absolute Gasteiger partial charge is 0.298 e. The first-order valence-corrected chi connectivity index (χ1v) is 7.70. The molecule has 1 rings (SSSR count). The first-order valence-electron chi connectivity index (χ1n) is 7.70. The molecule has 0 amide bonds. The van der Waals surface area contributed by atoms with Crippen LogP contribution in [0.4, 0.5) is 0 Å². The van der Waals surface area contributed by atoms with Gasteiger partial charge in [-0.05, 0) is 64.2 Å². The second-order valence-electron chi connectivity index (χ2n) is 7.49. The Kier molecular flexibility index (Phi) is 5.91. The molecule has 0 radical (unpaired) electrons. The second-order valence-corrected chi connectivity index (χ2v) is 7.49. The topological polar surface area (TPSA) is 3.24 Å². The van der Waals surface area contributed by atoms with E-state index in [-0.39, 0.29) is 0 Å². The van der Waals surface area contributed by atoms with Gasteiger partial charge in [0.1, 0.15) is 0 Å². The molecule has 0 aromatic heterocycles. The first-order chi connectivity index (χ1) is 8.32. The average Bonchev–Trinajstić information content (AvgIpc) is 2.27. The van der Waals surface area contributed by atoms with Gasteiger partial charge in [0, 0.05) is 18.6 Å². The van der Waals surface area contributed by atoms with Gasteiger partial charge in [0.25, 0.3) is 0 Å². The van der Waals surface area contributed by atoms with E-state index in [0.717, 1.165) is 17.8 Å². The number of hydrogen-bond acceptors (Lipinski definition) is 1. The summed E-state index contributed by atoms with van der Waals surface area (Å²) in [5.41, 5.74) is 0.305. The Morgan fingerprint density at radius 3 is 2.11 bits per heavy atom. The fraction of sp³-hybridized carbons (Fsp3) is 0.882. The molecule has 0 heterocycles. The molecule has 0 unspecified atom stereocenters. The van der Waals surface area contributed by atoms with Crippen molar-refractivity contribution in [2.45, 2.75) is 65.8 Å². The first kappa shape index (κ1) is 15.8. The van der Waals surface area contributed by atoms with Crippen molar-refractivity contribution in [1.29, 1.82) is 0 Å². The van der Waals surface area contributed by atoms with Gasteiger partial charge in [-0.1, -0.05) is 19.9 Å². The van der Waals surface area contributed by atoms with Gasteiger partial charge < -0.3 is 0 Å². The molecule has 0 spiro atoms. The minimum Gasteiger partial charge on any atom is -0.298 e. The number of hydrogen-bond donors (Lipinski definition) is 0. The third-order valence-electron chi connectivity index (χ3n) is 4.24. The third kappa shape index (κ3) is 5.14. The third-order valence-corrected chi connectivity index (χ3v) is 4.24. The predicted octanol–water partition coefficient (Wildman–Crippen LogP) is 4.74. The molecule has 1 heteroatoms. The van der Waals surface area contributed by atoms with Crippen LogP contribution < -0.4 is 0 Å². The summed E-state index contributed by atoms with van der Waals surface area (Å²) in [6, 6.07) is 0. The Balaban J connectivity index is 2.49. The summed E-state index contributed by atoms with van der Waals surface area (Å²) < 4.78 is 0. The minimum absolute atomic E-state index is 0.305. The van der Waals surface area contributed by atoms with Crippen LogP contribution in [0.3, 0.4) is 0 Å². The molecule has 0 atom stereocenters. The Hall–Kier alpha value is -0.300. The predicted molar refractivity (Wildman–Crippen MR) is 81.8 cm³/mol. The Morgan fingerprint density at radius 1 is 1.17 bits per heavy atom. The van der Waals surface area contributed by atoms with E-state index in [0.29, 0.717) is 5.54 Å². The van der Waals surface area contributed by atoms with Gasteiger partial charge in [0.15, 0.2) is 0 Å². The van der Waals surface area contributed by atoms with Crippen molar-refractivity contribution in [2.75, 3.05) is 13.1 Å². The molecule has 1 nitrogen and oxygen atoms in total. The van der Waals surface area contributed by atoms with Gasteiger partial charge in [0.05, 0.1) is 0 Å². The maximum Gasteiger partial charge on any atom is 0.0125 e. The highest BCUT2D eigenvalue weighted by molar-refractivity contribution is 4.86. The summed E-state index contributed by atoms with van der Waals surface area (Å²) in [6.45, 7) is 18.2. The van der Waals surface area contributed by atoms with E-state index in [4.69, 9.17) is 0 Å². The van der Waals surface area contributed by atoms with Crippen LogP contribution in [0.15, 0.2) is 12.7 Å². The van der Waals surface area contributed by atoms with Gasteiger partial charge in [-0.3, -0.25) is 4.90 Å². The van der Waals surface area contributed by atoms with Crippen molar-refractivity contribution >= 4 is 0 Å². The summed E-state index contributed by atoms with van der Waals surface area (Å²) >= 11 is 0. The van der Waals surface area contributed by atoms with Gasteiger partial charge in [0.2, 0.25) is 0 Å². The van der Waals surface area contributed by atoms with Gasteiger partial charge in [-0.2, -0.15) is 0 Å². The lowest BCUT2D eigenvalue weighted by Gasteiger charge is -2.40. The number of allylic oxidation sites excluding steroid dienone is 1. The van der Waals surface area contributed by atoms with Crippen LogP contribution in [-0.4, -0.2) is 23.5 Å². The van der Waals surface area contributed by atoms with Gasteiger partial charge in [-0.15, -0.1) is 6.58 Å². The van der Waals surface area contributed by atoms with E-state index in [1.807, 2.05) is 0 Å². The van der Waals surface area contributed by atoms with Crippen LogP contribution in [-0.2, 0) is 0 Å². The van der Waals surface area contributed by atoms with Crippen molar-refractivity contribution in [3.05, 3.63) is 12.7 Å². The highest BCUT2D eigenvalue weighted by Gasteiger charge is 2.27. The van der Waals surface area contributed by atoms with E-state index in [9.17, 15) is 0 Å². The zero-order chi connectivity index (χ0) is 13.8. The number of nitrogens with zero attached hydrogens (tertiary/aromatic N) is 1. The lowest BCUT2D eigenvalue weighted by Crippen LogP contribution is -2.46. The fourth-order valence-corrected chi connectivity index (χ4v) is 2.98. The lowest BCUT2D eigenvalue weighted by atomic mass is 9.81. The minimum atomic E-state index is 0.305. The highest BCUT2D eigenvalue weighted by atomic mass is 15.2.